The molecule has 3 nitrogen and oxygen atoms in total. The van der Waals surface area contributed by atoms with Crippen molar-refractivity contribution in [3.05, 3.63) is 203 Å². The van der Waals surface area contributed by atoms with Gasteiger partial charge in [-0.3, -0.25) is 9.80 Å². The van der Waals surface area contributed by atoms with E-state index in [1.807, 2.05) is 58.0 Å². The van der Waals surface area contributed by atoms with E-state index < -0.39 is 0 Å². The van der Waals surface area contributed by atoms with Gasteiger partial charge in [0.15, 0.2) is 0 Å². The summed E-state index contributed by atoms with van der Waals surface area (Å²) in [5, 5.41) is 2.76. The molecule has 0 bridgehead atoms. The summed E-state index contributed by atoms with van der Waals surface area (Å²) in [5.74, 6) is 0. The van der Waals surface area contributed by atoms with Gasteiger partial charge < -0.3 is 4.90 Å². The van der Waals surface area contributed by atoms with Crippen molar-refractivity contribution in [2.75, 3.05) is 14.7 Å². The van der Waals surface area contributed by atoms with Crippen molar-refractivity contribution in [1.29, 1.82) is 0 Å². The molecule has 5 heterocycles. The van der Waals surface area contributed by atoms with E-state index in [2.05, 4.69) is 226 Å². The third-order valence-electron chi connectivity index (χ3n) is 14.1. The van der Waals surface area contributed by atoms with Gasteiger partial charge in [0.2, 0.25) is 6.71 Å². The molecule has 2 atom stereocenters. The minimum Gasteiger partial charge on any atom is -0.328 e. The predicted octanol–water partition coefficient (Wildman–Crippen LogP) is 16.3. The van der Waals surface area contributed by atoms with Gasteiger partial charge in [-0.05, 0) is 108 Å². The monoisotopic (exact) mass is 981 g/mol. The third-order valence-corrected chi connectivity index (χ3v) is 20.2. The van der Waals surface area contributed by atoms with Crippen LogP contribution >= 0.6 is 58.0 Å². The van der Waals surface area contributed by atoms with E-state index in [-0.39, 0.29) is 18.0 Å². The Labute approximate surface area is 426 Å². The highest BCUT2D eigenvalue weighted by atomic mass is 32.2. The van der Waals surface area contributed by atoms with E-state index in [4.69, 9.17) is 0 Å². The molecule has 0 saturated heterocycles. The first-order valence-electron chi connectivity index (χ1n) is 23.7. The van der Waals surface area contributed by atoms with Crippen LogP contribution in [0.1, 0.15) is 33.4 Å². The van der Waals surface area contributed by atoms with Gasteiger partial charge >= 0.3 is 0 Å². The number of anilines is 8. The molecule has 0 spiro atoms. The molecule has 4 aliphatic rings. The summed E-state index contributed by atoms with van der Waals surface area (Å²) in [6.07, 6.45) is 9.36. The summed E-state index contributed by atoms with van der Waals surface area (Å²) in [6.45, 7) is 13.8. The van der Waals surface area contributed by atoms with Crippen molar-refractivity contribution >= 4 is 135 Å². The molecule has 0 N–H and O–H groups in total. The van der Waals surface area contributed by atoms with E-state index in [1.54, 1.807) is 0 Å². The zero-order valence-electron chi connectivity index (χ0n) is 39.3. The molecule has 0 amide bonds. The largest absolute Gasteiger partial charge is 0.328 e. The molecule has 2 unspecified atom stereocenters. The summed E-state index contributed by atoms with van der Waals surface area (Å²) >= 11 is 9.73. The van der Waals surface area contributed by atoms with Crippen molar-refractivity contribution in [1.82, 2.24) is 0 Å². The number of aryl methyl sites for hydroxylation is 6. The lowest BCUT2D eigenvalue weighted by molar-refractivity contribution is 0.781. The molecule has 1 aliphatic carbocycles. The Balaban J connectivity index is 1.23. The van der Waals surface area contributed by atoms with Crippen LogP contribution in [0.15, 0.2) is 194 Å². The first-order chi connectivity index (χ1) is 33.7. The van der Waals surface area contributed by atoms with Crippen molar-refractivity contribution in [2.45, 2.75) is 77.3 Å². The van der Waals surface area contributed by atoms with E-state index in [1.165, 1.54) is 128 Å². The Kier molecular flexibility index (Phi) is 10.6. The van der Waals surface area contributed by atoms with Gasteiger partial charge in [-0.15, -0.1) is 34.4 Å². The lowest BCUT2D eigenvalue weighted by Gasteiger charge is -2.43. The van der Waals surface area contributed by atoms with E-state index >= 15 is 0 Å². The van der Waals surface area contributed by atoms with Gasteiger partial charge in [0.25, 0.3) is 0 Å². The minimum atomic E-state index is -0.0749. The standard InChI is InChI=1S/C60H48BN3S5/c1-35-31-37(3)53(38(4)32-35)61(54-39(5)33-36(2)34-40(54)6)55-57-58(69-59(55)63-43-21-9-15-27-49(43)66-50-28-16-10-22-44(50)63)56(62-41-19-7-13-25-47(41)65-48-26-14-8-20-42(48)62)60(68-57)64-45-23-11-17-29-51(45)67-52-30-18-12-24-46(52)64/h7-34,41,47H,1-6H3. The Bertz CT molecular complexity index is 3440. The average molecular weight is 982 g/mol. The van der Waals surface area contributed by atoms with Gasteiger partial charge in [-0.25, -0.2) is 0 Å². The zero-order valence-corrected chi connectivity index (χ0v) is 43.4. The Hall–Kier alpha value is -5.81. The highest BCUT2D eigenvalue weighted by Gasteiger charge is 2.44. The normalized spacial score (nSPS) is 16.5. The summed E-state index contributed by atoms with van der Waals surface area (Å²) in [5.41, 5.74) is 19.5. The molecule has 2 aromatic heterocycles. The van der Waals surface area contributed by atoms with Crippen molar-refractivity contribution in [3.63, 3.8) is 0 Å². The molecule has 0 saturated carbocycles. The van der Waals surface area contributed by atoms with E-state index in [0.29, 0.717) is 0 Å². The zero-order chi connectivity index (χ0) is 46.7. The lowest BCUT2D eigenvalue weighted by atomic mass is 9.34. The van der Waals surface area contributed by atoms with Crippen LogP contribution < -0.4 is 31.1 Å². The van der Waals surface area contributed by atoms with Gasteiger partial charge in [-0.2, -0.15) is 0 Å². The number of thioether (sulfide) groups is 1. The average Bonchev–Trinajstić information content (AvgIpc) is 3.88. The van der Waals surface area contributed by atoms with Crippen LogP contribution in [0.5, 0.6) is 0 Å². The van der Waals surface area contributed by atoms with Gasteiger partial charge in [0.05, 0.1) is 55.1 Å². The molecule has 3 aliphatic heterocycles. The minimum absolute atomic E-state index is 0.0749. The lowest BCUT2D eigenvalue weighted by Crippen LogP contribution is -2.56. The molecule has 0 fully saturated rings. The highest BCUT2D eigenvalue weighted by molar-refractivity contribution is 8.00. The molecule has 336 valence electrons. The van der Waals surface area contributed by atoms with Gasteiger partial charge in [0.1, 0.15) is 5.00 Å². The number of thiophene rings is 2. The number of hydrogen-bond donors (Lipinski definition) is 0. The fourth-order valence-electron chi connectivity index (χ4n) is 11.5. The molecule has 7 aromatic carbocycles. The van der Waals surface area contributed by atoms with Crippen LogP contribution in [0.2, 0.25) is 0 Å². The molecular formula is C60H48BN3S5. The second kappa shape index (κ2) is 17.0. The van der Waals surface area contributed by atoms with E-state index in [9.17, 15) is 0 Å². The Morgan fingerprint density at radius 1 is 0.420 bits per heavy atom. The first-order valence-corrected chi connectivity index (χ1v) is 27.8. The molecule has 13 rings (SSSR count). The topological polar surface area (TPSA) is 9.72 Å². The number of nitrogens with zero attached hydrogens (tertiary/aromatic N) is 3. The maximum atomic E-state index is 2.73. The molecule has 69 heavy (non-hydrogen) atoms. The number of allylic oxidation sites excluding steroid dienone is 2. The summed E-state index contributed by atoms with van der Waals surface area (Å²) < 4.78 is 2.66. The number of para-hydroxylation sites is 5. The van der Waals surface area contributed by atoms with Gasteiger partial charge in [-0.1, -0.05) is 177 Å². The molecule has 0 radical (unpaired) electrons. The van der Waals surface area contributed by atoms with Crippen molar-refractivity contribution < 1.29 is 0 Å². The van der Waals surface area contributed by atoms with Crippen molar-refractivity contribution in [2.24, 2.45) is 0 Å². The molecule has 9 aromatic rings. The van der Waals surface area contributed by atoms with Crippen LogP contribution in [0.3, 0.4) is 0 Å². The van der Waals surface area contributed by atoms with E-state index in [0.717, 1.165) is 0 Å². The predicted molar refractivity (Wildman–Crippen MR) is 304 cm³/mol. The first kappa shape index (κ1) is 43.2. The van der Waals surface area contributed by atoms with Crippen LogP contribution in [0.4, 0.5) is 44.1 Å². The summed E-state index contributed by atoms with van der Waals surface area (Å²) in [6, 6.07) is 55.0. The highest BCUT2D eigenvalue weighted by Crippen LogP contribution is 2.62. The number of fused-ring (bicyclic) bond motifs is 7. The quantitative estimate of drug-likeness (QED) is 0.153. The van der Waals surface area contributed by atoms with Crippen LogP contribution in [0.25, 0.3) is 9.40 Å². The number of benzene rings is 7. The maximum absolute atomic E-state index is 2.73. The molecular weight excluding hydrogens is 934 g/mol. The Morgan fingerprint density at radius 3 is 1.32 bits per heavy atom. The molecule has 9 heteroatoms. The second-order valence-electron chi connectivity index (χ2n) is 18.7. The van der Waals surface area contributed by atoms with Crippen molar-refractivity contribution in [3.8, 4) is 0 Å². The number of rotatable bonds is 6. The summed E-state index contributed by atoms with van der Waals surface area (Å²) in [4.78, 5) is 14.4. The maximum Gasteiger partial charge on any atom is 0.248 e. The van der Waals surface area contributed by atoms with Crippen LogP contribution in [0, 0.1) is 41.5 Å². The fraction of sp³-hybridized carbons (Fsp3) is 0.133. The Morgan fingerprint density at radius 2 is 0.826 bits per heavy atom. The summed E-state index contributed by atoms with van der Waals surface area (Å²) in [7, 11) is 0. The third kappa shape index (κ3) is 6.94. The smallest absolute Gasteiger partial charge is 0.248 e. The number of hydrogen-bond acceptors (Lipinski definition) is 8. The van der Waals surface area contributed by atoms with Crippen LogP contribution in [-0.4, -0.2) is 18.0 Å². The van der Waals surface area contributed by atoms with Gasteiger partial charge in [0, 0.05) is 29.2 Å². The second-order valence-corrected chi connectivity index (χ2v) is 24.1. The SMILES string of the molecule is Cc1cc(C)c(B(c2c(C)cc(C)cc2C)c2c(N3c4ccccc4Sc4ccccc43)sc3c(N4c5ccccc5SC5C=CC=CC54)c(N4c5ccccc5Sc5ccccc54)sc23)c(C)c1. The van der Waals surface area contributed by atoms with Crippen LogP contribution in [-0.2, 0) is 0 Å². The fourth-order valence-corrected chi connectivity index (χ4v) is 17.9.